The van der Waals surface area contributed by atoms with Gasteiger partial charge in [0.1, 0.15) is 11.5 Å². The van der Waals surface area contributed by atoms with Crippen molar-refractivity contribution in [2.45, 2.75) is 28.8 Å². The van der Waals surface area contributed by atoms with Crippen LogP contribution >= 0.6 is 11.8 Å². The molecule has 2 atom stereocenters. The SMILES string of the molecule is COCCN1CC[C@]2(Nc3cccc4c(SC(F)(F)F)c(C#CCNC(=O)c5cnn(C)c5)nn34)C[C@@H]2C1. The van der Waals surface area contributed by atoms with E-state index in [1.54, 1.807) is 32.5 Å². The third-order valence-electron chi connectivity index (χ3n) is 6.91. The van der Waals surface area contributed by atoms with Crippen LogP contribution in [0, 0.1) is 17.8 Å². The monoisotopic (exact) mass is 547 g/mol. The van der Waals surface area contributed by atoms with E-state index in [4.69, 9.17) is 4.74 Å². The molecule has 4 heterocycles. The Morgan fingerprint density at radius 3 is 2.92 bits per heavy atom. The largest absolute Gasteiger partial charge is 0.446 e. The number of hydrogen-bond donors (Lipinski definition) is 2. The van der Waals surface area contributed by atoms with Crippen LogP contribution in [-0.4, -0.2) is 81.1 Å². The van der Waals surface area contributed by atoms with E-state index in [-0.39, 0.29) is 40.3 Å². The quantitative estimate of drug-likeness (QED) is 0.331. The van der Waals surface area contributed by atoms with Crippen LogP contribution < -0.4 is 10.6 Å². The normalized spacial score (nSPS) is 21.0. The highest BCUT2D eigenvalue weighted by Gasteiger charge is 2.56. The first kappa shape index (κ1) is 26.4. The zero-order valence-corrected chi connectivity index (χ0v) is 21.8. The van der Waals surface area contributed by atoms with Crippen molar-refractivity contribution >= 4 is 29.0 Å². The van der Waals surface area contributed by atoms with Crippen molar-refractivity contribution in [2.24, 2.45) is 13.0 Å². The highest BCUT2D eigenvalue weighted by atomic mass is 32.2. The molecular weight excluding hydrogens is 519 g/mol. The van der Waals surface area contributed by atoms with Gasteiger partial charge >= 0.3 is 5.51 Å². The molecule has 38 heavy (non-hydrogen) atoms. The molecule has 3 aromatic heterocycles. The highest BCUT2D eigenvalue weighted by molar-refractivity contribution is 8.00. The van der Waals surface area contributed by atoms with Gasteiger partial charge in [0.05, 0.1) is 35.3 Å². The molecule has 0 aromatic carbocycles. The van der Waals surface area contributed by atoms with E-state index in [0.717, 1.165) is 32.5 Å². The first-order valence-electron chi connectivity index (χ1n) is 12.2. The summed E-state index contributed by atoms with van der Waals surface area (Å²) in [6, 6.07) is 5.17. The first-order chi connectivity index (χ1) is 18.2. The number of aromatic nitrogens is 4. The second-order valence-electron chi connectivity index (χ2n) is 9.55. The van der Waals surface area contributed by atoms with Crippen molar-refractivity contribution in [3.63, 3.8) is 0 Å². The van der Waals surface area contributed by atoms with E-state index < -0.39 is 5.51 Å². The zero-order valence-electron chi connectivity index (χ0n) is 21.0. The minimum absolute atomic E-state index is 0.0106. The summed E-state index contributed by atoms with van der Waals surface area (Å²) in [5, 5.41) is 14.6. The molecule has 13 heteroatoms. The number of hydrogen-bond acceptors (Lipinski definition) is 7. The summed E-state index contributed by atoms with van der Waals surface area (Å²) < 4.78 is 48.6. The van der Waals surface area contributed by atoms with Crippen LogP contribution in [0.1, 0.15) is 28.9 Å². The van der Waals surface area contributed by atoms with Gasteiger partial charge in [0, 0.05) is 45.5 Å². The van der Waals surface area contributed by atoms with Crippen LogP contribution in [0.25, 0.3) is 5.52 Å². The number of anilines is 1. The van der Waals surface area contributed by atoms with Gasteiger partial charge in [-0.2, -0.15) is 23.4 Å². The number of amides is 1. The van der Waals surface area contributed by atoms with Gasteiger partial charge in [-0.15, -0.1) is 0 Å². The number of thioether (sulfide) groups is 1. The number of rotatable bonds is 8. The van der Waals surface area contributed by atoms with Gasteiger partial charge in [0.25, 0.3) is 5.91 Å². The summed E-state index contributed by atoms with van der Waals surface area (Å²) in [7, 11) is 3.39. The number of likely N-dealkylation sites (tertiary alicyclic amines) is 1. The Morgan fingerprint density at radius 1 is 1.37 bits per heavy atom. The van der Waals surface area contributed by atoms with Crippen LogP contribution in [-0.2, 0) is 11.8 Å². The Morgan fingerprint density at radius 2 is 2.21 bits per heavy atom. The van der Waals surface area contributed by atoms with Crippen molar-refractivity contribution in [3.05, 3.63) is 41.9 Å². The number of piperidine rings is 1. The number of carbonyl (C=O) groups excluding carboxylic acids is 1. The summed E-state index contributed by atoms with van der Waals surface area (Å²) in [5.41, 5.74) is -3.88. The molecule has 0 bridgehead atoms. The van der Waals surface area contributed by atoms with Crippen LogP contribution in [0.15, 0.2) is 35.5 Å². The van der Waals surface area contributed by atoms with Gasteiger partial charge in [0.2, 0.25) is 0 Å². The Hall–Kier alpha value is -3.21. The molecular formula is C25H28F3N7O2S. The van der Waals surface area contributed by atoms with E-state index in [9.17, 15) is 18.0 Å². The molecule has 5 rings (SSSR count). The van der Waals surface area contributed by atoms with E-state index in [2.05, 4.69) is 37.6 Å². The lowest BCUT2D eigenvalue weighted by molar-refractivity contribution is -0.0327. The van der Waals surface area contributed by atoms with E-state index in [0.29, 0.717) is 29.4 Å². The predicted octanol–water partition coefficient (Wildman–Crippen LogP) is 2.98. The number of alkyl halides is 3. The molecule has 2 aliphatic rings. The number of pyridine rings is 1. The van der Waals surface area contributed by atoms with Gasteiger partial charge in [-0.05, 0) is 48.6 Å². The molecule has 9 nitrogen and oxygen atoms in total. The van der Waals surface area contributed by atoms with Crippen molar-refractivity contribution in [1.29, 1.82) is 0 Å². The predicted molar refractivity (Wildman–Crippen MR) is 137 cm³/mol. The van der Waals surface area contributed by atoms with Crippen molar-refractivity contribution in [1.82, 2.24) is 29.6 Å². The fourth-order valence-electron chi connectivity index (χ4n) is 4.91. The lowest BCUT2D eigenvalue weighted by atomic mass is 10.0. The number of carbonyl (C=O) groups is 1. The number of aryl methyl sites for hydroxylation is 1. The van der Waals surface area contributed by atoms with E-state index in [1.165, 1.54) is 15.4 Å². The van der Waals surface area contributed by atoms with E-state index in [1.807, 2.05) is 6.07 Å². The molecule has 1 saturated carbocycles. The van der Waals surface area contributed by atoms with Crippen molar-refractivity contribution in [3.8, 4) is 11.8 Å². The molecule has 2 N–H and O–H groups in total. The summed E-state index contributed by atoms with van der Waals surface area (Å²) >= 11 is -0.231. The number of fused-ring (bicyclic) bond motifs is 2. The summed E-state index contributed by atoms with van der Waals surface area (Å²) in [6.07, 6.45) is 4.92. The second-order valence-corrected chi connectivity index (χ2v) is 10.6. The average Bonchev–Trinajstić information content (AvgIpc) is 3.21. The maximum Gasteiger partial charge on any atom is 0.446 e. The number of ether oxygens (including phenoxy) is 1. The van der Waals surface area contributed by atoms with Gasteiger partial charge in [0.15, 0.2) is 0 Å². The molecule has 202 valence electrons. The summed E-state index contributed by atoms with van der Waals surface area (Å²) in [6.45, 7) is 3.42. The van der Waals surface area contributed by atoms with Crippen molar-refractivity contribution in [2.75, 3.05) is 45.2 Å². The molecule has 0 unspecified atom stereocenters. The van der Waals surface area contributed by atoms with Crippen LogP contribution in [0.5, 0.6) is 0 Å². The molecule has 1 saturated heterocycles. The number of halogens is 3. The molecule has 0 radical (unpaired) electrons. The second kappa shape index (κ2) is 10.5. The minimum Gasteiger partial charge on any atom is -0.383 e. The lowest BCUT2D eigenvalue weighted by Gasteiger charge is -2.32. The molecule has 1 amide bonds. The maximum atomic E-state index is 13.5. The third kappa shape index (κ3) is 5.77. The molecule has 3 aromatic rings. The van der Waals surface area contributed by atoms with Crippen molar-refractivity contribution < 1.29 is 22.7 Å². The summed E-state index contributed by atoms with van der Waals surface area (Å²) in [5.74, 6) is 6.19. The highest BCUT2D eigenvalue weighted by Crippen LogP contribution is 2.52. The Labute approximate surface area is 222 Å². The maximum absolute atomic E-state index is 13.5. The lowest BCUT2D eigenvalue weighted by Crippen LogP contribution is -2.42. The van der Waals surface area contributed by atoms with Gasteiger partial charge in [-0.1, -0.05) is 12.0 Å². The standard InChI is InChI=1S/C25H28F3N7O2S/c1-33-15-17(14-30-33)23(36)29-9-4-5-19-22(38-25(26,27)28)20-6-3-7-21(35(20)32-19)31-24-8-10-34(11-12-37-2)16-18(24)13-24/h3,6-7,14-15,18,31H,8-13,16H2,1-2H3,(H,29,36)/t18-,24+/m1/s1. The molecule has 1 aliphatic heterocycles. The number of methoxy groups -OCH3 is 1. The van der Waals surface area contributed by atoms with Crippen LogP contribution in [0.4, 0.5) is 19.0 Å². The smallest absolute Gasteiger partial charge is 0.383 e. The number of nitrogens with one attached hydrogen (secondary N) is 2. The molecule has 2 fully saturated rings. The Kier molecular flexibility index (Phi) is 7.30. The molecule has 0 spiro atoms. The van der Waals surface area contributed by atoms with Gasteiger partial charge in [-0.3, -0.25) is 9.48 Å². The summed E-state index contributed by atoms with van der Waals surface area (Å²) in [4.78, 5) is 14.5. The van der Waals surface area contributed by atoms with Crippen LogP contribution in [0.3, 0.4) is 0 Å². The third-order valence-corrected chi connectivity index (χ3v) is 7.75. The number of nitrogens with zero attached hydrogens (tertiary/aromatic N) is 5. The minimum atomic E-state index is -4.51. The molecule has 1 aliphatic carbocycles. The first-order valence-corrected chi connectivity index (χ1v) is 13.0. The Balaban J connectivity index is 1.35. The fraction of sp³-hybridized carbons (Fsp3) is 0.480. The zero-order chi connectivity index (χ0) is 26.9. The van der Waals surface area contributed by atoms with Gasteiger partial charge in [-0.25, -0.2) is 4.52 Å². The van der Waals surface area contributed by atoms with Crippen LogP contribution in [0.2, 0.25) is 0 Å². The Bertz CT molecular complexity index is 1390. The van der Waals surface area contributed by atoms with E-state index >= 15 is 0 Å². The topological polar surface area (TPSA) is 88.7 Å². The fourth-order valence-corrected chi connectivity index (χ4v) is 5.59. The van der Waals surface area contributed by atoms with Gasteiger partial charge < -0.3 is 20.3 Å². The average molecular weight is 548 g/mol.